The van der Waals surface area contributed by atoms with Crippen LogP contribution in [0, 0.1) is 0 Å². The number of Topliss-reactive ketones (excluding diaryl/α,β-unsaturated/α-hetero) is 1. The number of benzene rings is 3. The molecule has 0 atom stereocenters. The maximum Gasteiger partial charge on any atom is 0.223 e. The predicted molar refractivity (Wildman–Crippen MR) is 120 cm³/mol. The summed E-state index contributed by atoms with van der Waals surface area (Å²) in [7, 11) is 0. The minimum absolute atomic E-state index is 0.0460. The van der Waals surface area contributed by atoms with Crippen LogP contribution in [-0.4, -0.2) is 29.7 Å². The number of nitrogens with zero attached hydrogens (tertiary/aromatic N) is 2. The zero-order valence-electron chi connectivity index (χ0n) is 17.3. The summed E-state index contributed by atoms with van der Waals surface area (Å²) in [6.45, 7) is 4.05. The van der Waals surface area contributed by atoms with Gasteiger partial charge in [-0.2, -0.15) is 0 Å². The van der Waals surface area contributed by atoms with Gasteiger partial charge in [-0.05, 0) is 41.3 Å². The number of amides is 1. The normalized spacial score (nSPS) is 12.8. The Balaban J connectivity index is 1.52. The van der Waals surface area contributed by atoms with Gasteiger partial charge in [0.2, 0.25) is 5.91 Å². The van der Waals surface area contributed by atoms with E-state index >= 15 is 0 Å². The van der Waals surface area contributed by atoms with Gasteiger partial charge in [0.1, 0.15) is 0 Å². The van der Waals surface area contributed by atoms with Crippen LogP contribution in [0.15, 0.2) is 78.9 Å². The maximum atomic E-state index is 13.1. The van der Waals surface area contributed by atoms with Crippen molar-refractivity contribution in [2.75, 3.05) is 18.0 Å². The molecule has 4 heteroatoms. The molecule has 3 aromatic rings. The van der Waals surface area contributed by atoms with E-state index in [1.165, 1.54) is 11.1 Å². The van der Waals surface area contributed by atoms with Crippen LogP contribution < -0.4 is 4.90 Å². The molecule has 0 saturated heterocycles. The molecule has 0 aromatic heterocycles. The predicted octanol–water partition coefficient (Wildman–Crippen LogP) is 4.48. The van der Waals surface area contributed by atoms with Gasteiger partial charge in [-0.3, -0.25) is 14.5 Å². The Hall–Kier alpha value is -3.24. The lowest BCUT2D eigenvalue weighted by Crippen LogP contribution is -2.29. The molecular weight excluding hydrogens is 372 g/mol. The zero-order chi connectivity index (χ0) is 20.9. The molecule has 0 unspecified atom stereocenters. The third-order valence-corrected chi connectivity index (χ3v) is 5.54. The van der Waals surface area contributed by atoms with Crippen molar-refractivity contribution >= 4 is 17.4 Å². The van der Waals surface area contributed by atoms with Crippen LogP contribution >= 0.6 is 0 Å². The molecule has 1 heterocycles. The van der Waals surface area contributed by atoms with Crippen molar-refractivity contribution in [3.05, 3.63) is 101 Å². The lowest BCUT2D eigenvalue weighted by molar-refractivity contribution is -0.116. The third-order valence-electron chi connectivity index (χ3n) is 5.54. The van der Waals surface area contributed by atoms with Crippen LogP contribution in [0.5, 0.6) is 0 Å². The number of anilines is 1. The number of carbonyl (C=O) groups is 2. The van der Waals surface area contributed by atoms with Crippen LogP contribution in [0.4, 0.5) is 5.69 Å². The highest BCUT2D eigenvalue weighted by molar-refractivity contribution is 6.00. The SMILES string of the molecule is CC(=O)N1CCc2cc(C(=O)CN(Cc3ccccc3)Cc3ccccc3)ccc21. The van der Waals surface area contributed by atoms with E-state index in [-0.39, 0.29) is 11.7 Å². The lowest BCUT2D eigenvalue weighted by atomic mass is 10.0. The summed E-state index contributed by atoms with van der Waals surface area (Å²) in [6, 6.07) is 26.2. The second kappa shape index (κ2) is 9.06. The van der Waals surface area contributed by atoms with E-state index in [0.717, 1.165) is 17.7 Å². The van der Waals surface area contributed by atoms with Gasteiger partial charge >= 0.3 is 0 Å². The van der Waals surface area contributed by atoms with Crippen molar-refractivity contribution in [2.24, 2.45) is 0 Å². The molecule has 0 bridgehead atoms. The Kier molecular flexibility index (Phi) is 6.05. The first-order chi connectivity index (χ1) is 14.6. The van der Waals surface area contributed by atoms with Crippen molar-refractivity contribution in [1.82, 2.24) is 4.90 Å². The van der Waals surface area contributed by atoms with Crippen LogP contribution in [0.2, 0.25) is 0 Å². The van der Waals surface area contributed by atoms with Crippen molar-refractivity contribution in [3.8, 4) is 0 Å². The molecule has 0 radical (unpaired) electrons. The van der Waals surface area contributed by atoms with Crippen molar-refractivity contribution in [2.45, 2.75) is 26.4 Å². The Morgan fingerprint density at radius 1 is 0.867 bits per heavy atom. The molecular formula is C26H26N2O2. The van der Waals surface area contributed by atoms with Crippen molar-refractivity contribution in [1.29, 1.82) is 0 Å². The first-order valence-electron chi connectivity index (χ1n) is 10.3. The van der Waals surface area contributed by atoms with E-state index in [1.807, 2.05) is 54.6 Å². The van der Waals surface area contributed by atoms with Gasteiger partial charge in [0.15, 0.2) is 5.78 Å². The number of rotatable bonds is 7. The van der Waals surface area contributed by atoms with Gasteiger partial charge in [-0.15, -0.1) is 0 Å². The number of hydrogen-bond acceptors (Lipinski definition) is 3. The Labute approximate surface area is 177 Å². The summed E-state index contributed by atoms with van der Waals surface area (Å²) in [6.07, 6.45) is 0.799. The highest BCUT2D eigenvalue weighted by Crippen LogP contribution is 2.29. The van der Waals surface area contributed by atoms with Gasteiger partial charge in [-0.25, -0.2) is 0 Å². The van der Waals surface area contributed by atoms with E-state index in [1.54, 1.807) is 11.8 Å². The average Bonchev–Trinajstić information content (AvgIpc) is 3.19. The molecule has 3 aromatic carbocycles. The Morgan fingerprint density at radius 2 is 1.47 bits per heavy atom. The van der Waals surface area contributed by atoms with E-state index in [9.17, 15) is 9.59 Å². The van der Waals surface area contributed by atoms with Gasteiger partial charge in [0.05, 0.1) is 6.54 Å². The monoisotopic (exact) mass is 398 g/mol. The highest BCUT2D eigenvalue weighted by Gasteiger charge is 2.23. The highest BCUT2D eigenvalue weighted by atomic mass is 16.2. The van der Waals surface area contributed by atoms with Crippen LogP contribution in [0.3, 0.4) is 0 Å². The molecule has 152 valence electrons. The first-order valence-corrected chi connectivity index (χ1v) is 10.3. The summed E-state index contributed by atoms with van der Waals surface area (Å²) >= 11 is 0. The van der Waals surface area contributed by atoms with Crippen LogP contribution in [-0.2, 0) is 24.3 Å². The summed E-state index contributed by atoms with van der Waals surface area (Å²) in [5, 5.41) is 0. The van der Waals surface area contributed by atoms with Gasteiger partial charge in [0, 0.05) is 37.8 Å². The van der Waals surface area contributed by atoms with Crippen molar-refractivity contribution in [3.63, 3.8) is 0 Å². The van der Waals surface area contributed by atoms with Gasteiger partial charge in [-0.1, -0.05) is 60.7 Å². The zero-order valence-corrected chi connectivity index (χ0v) is 17.3. The fourth-order valence-electron chi connectivity index (χ4n) is 4.05. The Morgan fingerprint density at radius 3 is 2.03 bits per heavy atom. The summed E-state index contributed by atoms with van der Waals surface area (Å²) in [4.78, 5) is 28.9. The molecule has 0 N–H and O–H groups in total. The van der Waals surface area contributed by atoms with E-state index in [2.05, 4.69) is 29.2 Å². The average molecular weight is 399 g/mol. The fraction of sp³-hybridized carbons (Fsp3) is 0.231. The molecule has 1 aliphatic rings. The van der Waals surface area contributed by atoms with E-state index in [0.29, 0.717) is 31.7 Å². The molecule has 0 fully saturated rings. The van der Waals surface area contributed by atoms with Crippen molar-refractivity contribution < 1.29 is 9.59 Å². The first kappa shape index (κ1) is 20.0. The molecule has 30 heavy (non-hydrogen) atoms. The molecule has 1 aliphatic heterocycles. The summed E-state index contributed by atoms with van der Waals surface area (Å²) in [5.41, 5.74) is 5.10. The summed E-state index contributed by atoms with van der Waals surface area (Å²) < 4.78 is 0. The van der Waals surface area contributed by atoms with Gasteiger partial charge in [0.25, 0.3) is 0 Å². The molecule has 4 rings (SSSR count). The quantitative estimate of drug-likeness (QED) is 0.551. The minimum Gasteiger partial charge on any atom is -0.312 e. The Bertz CT molecular complexity index is 990. The second-order valence-corrected chi connectivity index (χ2v) is 7.80. The second-order valence-electron chi connectivity index (χ2n) is 7.80. The molecule has 0 spiro atoms. The fourth-order valence-corrected chi connectivity index (χ4v) is 4.05. The summed E-state index contributed by atoms with van der Waals surface area (Å²) in [5.74, 6) is 0.149. The topological polar surface area (TPSA) is 40.6 Å². The molecule has 4 nitrogen and oxygen atoms in total. The number of fused-ring (bicyclic) bond motifs is 1. The maximum absolute atomic E-state index is 13.1. The minimum atomic E-state index is 0.0460. The lowest BCUT2D eigenvalue weighted by Gasteiger charge is -2.22. The van der Waals surface area contributed by atoms with Crippen LogP contribution in [0.25, 0.3) is 0 Å². The molecule has 0 saturated carbocycles. The van der Waals surface area contributed by atoms with E-state index in [4.69, 9.17) is 0 Å². The van der Waals surface area contributed by atoms with Crippen LogP contribution in [0.1, 0.15) is 34.0 Å². The van der Waals surface area contributed by atoms with E-state index < -0.39 is 0 Å². The largest absolute Gasteiger partial charge is 0.312 e. The third kappa shape index (κ3) is 4.66. The standard InChI is InChI=1S/C26H26N2O2/c1-20(29)28-15-14-23-16-24(12-13-25(23)28)26(30)19-27(17-21-8-4-2-5-9-21)18-22-10-6-3-7-11-22/h2-13,16H,14-15,17-19H2,1H3. The number of carbonyl (C=O) groups excluding carboxylic acids is 2. The number of ketones is 1. The number of hydrogen-bond donors (Lipinski definition) is 0. The molecule has 1 amide bonds. The smallest absolute Gasteiger partial charge is 0.223 e. The van der Waals surface area contributed by atoms with Gasteiger partial charge < -0.3 is 4.90 Å². The molecule has 0 aliphatic carbocycles.